The molecule has 1 rings (SSSR count). The Morgan fingerprint density at radius 2 is 2.12 bits per heavy atom. The number of alkyl carbamates (subject to hydrolysis) is 1. The lowest BCUT2D eigenvalue weighted by atomic mass is 10.2. The Bertz CT molecular complexity index is 268. The average molecular weight is 248 g/mol. The summed E-state index contributed by atoms with van der Waals surface area (Å²) in [6.45, 7) is -2.64. The number of carbonyl (C=O) groups excluding carboxylic acids is 1. The van der Waals surface area contributed by atoms with Gasteiger partial charge in [0.2, 0.25) is 0 Å². The number of alkyl halides is 5. The molecule has 1 unspecified atom stereocenters. The van der Waals surface area contributed by atoms with Crippen LogP contribution in [0.25, 0.3) is 0 Å². The number of nitrogens with one attached hydrogen (secondary N) is 2. The standard InChI is InChI=1S/C7H9F5N2O2/c8-6(9)2-13-1-4(6)14-5(15)16-3-7(10,11)12/h4,13H,1-3H2,(H,14,15). The highest BCUT2D eigenvalue weighted by molar-refractivity contribution is 5.67. The van der Waals surface area contributed by atoms with Crippen molar-refractivity contribution in [3.63, 3.8) is 0 Å². The second-order valence-electron chi connectivity index (χ2n) is 3.28. The fourth-order valence-electron chi connectivity index (χ4n) is 1.14. The maximum Gasteiger partial charge on any atom is 0.422 e. The van der Waals surface area contributed by atoms with E-state index in [-0.39, 0.29) is 6.54 Å². The normalized spacial score (nSPS) is 24.2. The van der Waals surface area contributed by atoms with Crippen LogP contribution in [0.4, 0.5) is 26.7 Å². The summed E-state index contributed by atoms with van der Waals surface area (Å²) in [6, 6.07) is -1.55. The molecule has 0 aromatic heterocycles. The Morgan fingerprint density at radius 1 is 1.50 bits per heavy atom. The lowest BCUT2D eigenvalue weighted by Gasteiger charge is -2.19. The summed E-state index contributed by atoms with van der Waals surface area (Å²) in [4.78, 5) is 10.7. The third kappa shape index (κ3) is 3.80. The number of ether oxygens (including phenoxy) is 1. The Hall–Kier alpha value is -1.12. The number of amides is 1. The van der Waals surface area contributed by atoms with E-state index in [1.165, 1.54) is 0 Å². The maximum absolute atomic E-state index is 12.9. The Morgan fingerprint density at radius 3 is 2.56 bits per heavy atom. The molecule has 1 heterocycles. The molecular formula is C7H9F5N2O2. The van der Waals surface area contributed by atoms with Crippen molar-refractivity contribution in [2.75, 3.05) is 19.7 Å². The first-order chi connectivity index (χ1) is 7.21. The van der Waals surface area contributed by atoms with E-state index in [2.05, 4.69) is 10.1 Å². The van der Waals surface area contributed by atoms with Crippen molar-refractivity contribution < 1.29 is 31.5 Å². The molecule has 1 amide bonds. The SMILES string of the molecule is O=C(NC1CNCC1(F)F)OCC(F)(F)F. The van der Waals surface area contributed by atoms with Crippen molar-refractivity contribution in [3.8, 4) is 0 Å². The lowest BCUT2D eigenvalue weighted by Crippen LogP contribution is -2.47. The van der Waals surface area contributed by atoms with Crippen LogP contribution in [0.3, 0.4) is 0 Å². The molecule has 0 radical (unpaired) electrons. The molecule has 1 atom stereocenters. The van der Waals surface area contributed by atoms with Gasteiger partial charge in [-0.1, -0.05) is 0 Å². The molecule has 4 nitrogen and oxygen atoms in total. The number of hydrogen-bond donors (Lipinski definition) is 2. The van der Waals surface area contributed by atoms with Crippen LogP contribution in [0.2, 0.25) is 0 Å². The van der Waals surface area contributed by atoms with Gasteiger partial charge in [-0.25, -0.2) is 13.6 Å². The highest BCUT2D eigenvalue weighted by Gasteiger charge is 2.45. The minimum absolute atomic E-state index is 0.214. The first-order valence-electron chi connectivity index (χ1n) is 4.29. The molecule has 0 aromatic rings. The molecule has 9 heteroatoms. The third-order valence-electron chi connectivity index (χ3n) is 1.88. The summed E-state index contributed by atoms with van der Waals surface area (Å²) in [5.74, 6) is -3.18. The van der Waals surface area contributed by atoms with Crippen molar-refractivity contribution in [2.24, 2.45) is 0 Å². The van der Waals surface area contributed by atoms with Gasteiger partial charge in [-0.3, -0.25) is 0 Å². The summed E-state index contributed by atoms with van der Waals surface area (Å²) in [6.07, 6.45) is -6.18. The average Bonchev–Trinajstić information content (AvgIpc) is 2.42. The topological polar surface area (TPSA) is 50.4 Å². The summed E-state index contributed by atoms with van der Waals surface area (Å²) >= 11 is 0. The fraction of sp³-hybridized carbons (Fsp3) is 0.857. The lowest BCUT2D eigenvalue weighted by molar-refractivity contribution is -0.160. The Labute approximate surface area is 87.1 Å². The van der Waals surface area contributed by atoms with Crippen LogP contribution in [-0.4, -0.2) is 43.9 Å². The van der Waals surface area contributed by atoms with Gasteiger partial charge in [-0.15, -0.1) is 0 Å². The molecule has 0 aliphatic carbocycles. The molecule has 16 heavy (non-hydrogen) atoms. The number of rotatable bonds is 2. The molecule has 1 saturated heterocycles. The van der Waals surface area contributed by atoms with Gasteiger partial charge < -0.3 is 15.4 Å². The van der Waals surface area contributed by atoms with Crippen LogP contribution in [0.1, 0.15) is 0 Å². The van der Waals surface area contributed by atoms with Gasteiger partial charge >= 0.3 is 12.3 Å². The predicted molar refractivity (Wildman–Crippen MR) is 42.1 cm³/mol. The van der Waals surface area contributed by atoms with Crippen LogP contribution in [-0.2, 0) is 4.74 Å². The summed E-state index contributed by atoms with van der Waals surface area (Å²) in [5, 5.41) is 3.97. The molecule has 1 aliphatic rings. The van der Waals surface area contributed by atoms with Crippen molar-refractivity contribution in [1.29, 1.82) is 0 Å². The molecular weight excluding hydrogens is 239 g/mol. The van der Waals surface area contributed by atoms with Crippen molar-refractivity contribution in [3.05, 3.63) is 0 Å². The van der Waals surface area contributed by atoms with Crippen LogP contribution in [0.15, 0.2) is 0 Å². The Kier molecular flexibility index (Phi) is 3.56. The molecule has 0 spiro atoms. The van der Waals surface area contributed by atoms with Crippen LogP contribution >= 0.6 is 0 Å². The van der Waals surface area contributed by atoms with E-state index in [0.717, 1.165) is 0 Å². The number of halogens is 5. The first kappa shape index (κ1) is 12.9. The van der Waals surface area contributed by atoms with Gasteiger partial charge in [-0.2, -0.15) is 13.2 Å². The number of carbonyl (C=O) groups is 1. The first-order valence-corrected chi connectivity index (χ1v) is 4.29. The van der Waals surface area contributed by atoms with Crippen LogP contribution < -0.4 is 10.6 Å². The number of hydrogen-bond acceptors (Lipinski definition) is 3. The van der Waals surface area contributed by atoms with E-state index < -0.39 is 37.4 Å². The van der Waals surface area contributed by atoms with E-state index >= 15 is 0 Å². The second kappa shape index (κ2) is 4.40. The second-order valence-corrected chi connectivity index (χ2v) is 3.28. The van der Waals surface area contributed by atoms with Gasteiger partial charge in [-0.05, 0) is 0 Å². The monoisotopic (exact) mass is 248 g/mol. The largest absolute Gasteiger partial charge is 0.440 e. The van der Waals surface area contributed by atoms with E-state index in [0.29, 0.717) is 0 Å². The molecule has 1 fully saturated rings. The minimum atomic E-state index is -4.67. The zero-order valence-electron chi connectivity index (χ0n) is 7.90. The third-order valence-corrected chi connectivity index (χ3v) is 1.88. The van der Waals surface area contributed by atoms with E-state index in [1.807, 2.05) is 0 Å². The molecule has 0 aromatic carbocycles. The highest BCUT2D eigenvalue weighted by Crippen LogP contribution is 2.22. The van der Waals surface area contributed by atoms with Gasteiger partial charge in [0.25, 0.3) is 5.92 Å². The predicted octanol–water partition coefficient (Wildman–Crippen LogP) is 0.882. The van der Waals surface area contributed by atoms with Gasteiger partial charge in [0.05, 0.1) is 6.54 Å². The smallest absolute Gasteiger partial charge is 0.422 e. The van der Waals surface area contributed by atoms with Gasteiger partial charge in [0.1, 0.15) is 6.04 Å². The highest BCUT2D eigenvalue weighted by atomic mass is 19.4. The summed E-state index contributed by atoms with van der Waals surface area (Å²) in [7, 11) is 0. The minimum Gasteiger partial charge on any atom is -0.440 e. The molecule has 2 N–H and O–H groups in total. The fourth-order valence-corrected chi connectivity index (χ4v) is 1.14. The molecule has 1 aliphatic heterocycles. The molecule has 0 bridgehead atoms. The van der Waals surface area contributed by atoms with Crippen molar-refractivity contribution >= 4 is 6.09 Å². The zero-order valence-corrected chi connectivity index (χ0v) is 7.90. The summed E-state index contributed by atoms with van der Waals surface area (Å²) in [5.41, 5.74) is 0. The maximum atomic E-state index is 12.9. The zero-order chi connectivity index (χ0) is 12.4. The van der Waals surface area contributed by atoms with E-state index in [1.54, 1.807) is 5.32 Å². The van der Waals surface area contributed by atoms with Gasteiger partial charge in [0.15, 0.2) is 6.61 Å². The van der Waals surface area contributed by atoms with Gasteiger partial charge in [0, 0.05) is 6.54 Å². The van der Waals surface area contributed by atoms with Crippen LogP contribution in [0, 0.1) is 0 Å². The quantitative estimate of drug-likeness (QED) is 0.713. The van der Waals surface area contributed by atoms with Crippen molar-refractivity contribution in [1.82, 2.24) is 10.6 Å². The molecule has 0 saturated carbocycles. The molecule has 94 valence electrons. The van der Waals surface area contributed by atoms with E-state index in [4.69, 9.17) is 0 Å². The van der Waals surface area contributed by atoms with Crippen LogP contribution in [0.5, 0.6) is 0 Å². The summed E-state index contributed by atoms with van der Waals surface area (Å²) < 4.78 is 64.4. The van der Waals surface area contributed by atoms with E-state index in [9.17, 15) is 26.7 Å². The Balaban J connectivity index is 2.35. The van der Waals surface area contributed by atoms with Crippen molar-refractivity contribution in [2.45, 2.75) is 18.1 Å².